The maximum atomic E-state index is 11.1. The first kappa shape index (κ1) is 12.5. The van der Waals surface area contributed by atoms with Crippen LogP contribution in [0.5, 0.6) is 17.2 Å². The zero-order valence-corrected chi connectivity index (χ0v) is 10.1. The summed E-state index contributed by atoms with van der Waals surface area (Å²) in [4.78, 5) is 11.1. The minimum Gasteiger partial charge on any atom is -0.492 e. The standard InChI is InChI=1S/C12H15NO5/c1-15-7-12(14)13-4-5-16-9-2-3-10-11(6-9)18-8-17-10/h2-3,6H,4-5,7-8H2,1H3,(H,13,14). The number of carbonyl (C=O) groups is 1. The molecule has 0 fully saturated rings. The van der Waals surface area contributed by atoms with Gasteiger partial charge in [-0.3, -0.25) is 4.79 Å². The average molecular weight is 253 g/mol. The molecule has 0 bridgehead atoms. The largest absolute Gasteiger partial charge is 0.492 e. The molecule has 1 aromatic carbocycles. The number of benzene rings is 1. The van der Waals surface area contributed by atoms with Gasteiger partial charge >= 0.3 is 0 Å². The normalized spacial score (nSPS) is 12.3. The van der Waals surface area contributed by atoms with E-state index in [9.17, 15) is 4.79 Å². The molecular weight excluding hydrogens is 238 g/mol. The van der Waals surface area contributed by atoms with Crippen LogP contribution in [0, 0.1) is 0 Å². The van der Waals surface area contributed by atoms with Crippen molar-refractivity contribution in [2.24, 2.45) is 0 Å². The zero-order valence-electron chi connectivity index (χ0n) is 10.1. The average Bonchev–Trinajstić information content (AvgIpc) is 2.82. The van der Waals surface area contributed by atoms with Crippen LogP contribution in [-0.4, -0.2) is 39.6 Å². The van der Waals surface area contributed by atoms with Gasteiger partial charge in [-0.15, -0.1) is 0 Å². The molecule has 98 valence electrons. The summed E-state index contributed by atoms with van der Waals surface area (Å²) in [7, 11) is 1.47. The predicted molar refractivity (Wildman–Crippen MR) is 62.9 cm³/mol. The highest BCUT2D eigenvalue weighted by Gasteiger charge is 2.13. The van der Waals surface area contributed by atoms with Crippen LogP contribution in [-0.2, 0) is 9.53 Å². The highest BCUT2D eigenvalue weighted by molar-refractivity contribution is 5.77. The number of hydrogen-bond acceptors (Lipinski definition) is 5. The smallest absolute Gasteiger partial charge is 0.246 e. The lowest BCUT2D eigenvalue weighted by atomic mass is 10.3. The monoisotopic (exact) mass is 253 g/mol. The molecule has 6 nitrogen and oxygen atoms in total. The summed E-state index contributed by atoms with van der Waals surface area (Å²) in [6.07, 6.45) is 0. The van der Waals surface area contributed by atoms with Crippen LogP contribution in [0.15, 0.2) is 18.2 Å². The summed E-state index contributed by atoms with van der Waals surface area (Å²) in [5.41, 5.74) is 0. The fourth-order valence-electron chi connectivity index (χ4n) is 1.51. The van der Waals surface area contributed by atoms with Crippen molar-refractivity contribution in [2.75, 3.05) is 33.7 Å². The summed E-state index contributed by atoms with van der Waals surface area (Å²) < 4.78 is 20.6. The fourth-order valence-corrected chi connectivity index (χ4v) is 1.51. The quantitative estimate of drug-likeness (QED) is 0.750. The van der Waals surface area contributed by atoms with Gasteiger partial charge in [0.25, 0.3) is 0 Å². The van der Waals surface area contributed by atoms with Crippen LogP contribution in [0.1, 0.15) is 0 Å². The molecular formula is C12H15NO5. The minimum atomic E-state index is -0.160. The highest BCUT2D eigenvalue weighted by Crippen LogP contribution is 2.34. The third kappa shape index (κ3) is 3.27. The first-order valence-corrected chi connectivity index (χ1v) is 5.57. The van der Waals surface area contributed by atoms with Crippen molar-refractivity contribution in [1.29, 1.82) is 0 Å². The molecule has 6 heteroatoms. The molecule has 1 aromatic rings. The summed E-state index contributed by atoms with van der Waals surface area (Å²) in [6.45, 7) is 1.11. The topological polar surface area (TPSA) is 66.0 Å². The molecule has 0 saturated heterocycles. The highest BCUT2D eigenvalue weighted by atomic mass is 16.7. The fraction of sp³-hybridized carbons (Fsp3) is 0.417. The Morgan fingerprint density at radius 3 is 3.06 bits per heavy atom. The van der Waals surface area contributed by atoms with E-state index in [1.807, 2.05) is 0 Å². The van der Waals surface area contributed by atoms with Crippen molar-refractivity contribution in [1.82, 2.24) is 5.32 Å². The van der Waals surface area contributed by atoms with E-state index in [4.69, 9.17) is 14.2 Å². The van der Waals surface area contributed by atoms with Crippen molar-refractivity contribution in [3.8, 4) is 17.2 Å². The van der Waals surface area contributed by atoms with Gasteiger partial charge in [0.15, 0.2) is 11.5 Å². The van der Waals surface area contributed by atoms with Gasteiger partial charge in [0, 0.05) is 13.2 Å². The third-order valence-corrected chi connectivity index (χ3v) is 2.31. The number of fused-ring (bicyclic) bond motifs is 1. The molecule has 1 heterocycles. The van der Waals surface area contributed by atoms with Gasteiger partial charge in [-0.1, -0.05) is 0 Å². The van der Waals surface area contributed by atoms with E-state index in [2.05, 4.69) is 10.1 Å². The van der Waals surface area contributed by atoms with E-state index >= 15 is 0 Å². The molecule has 0 aliphatic carbocycles. The van der Waals surface area contributed by atoms with Crippen LogP contribution >= 0.6 is 0 Å². The molecule has 2 rings (SSSR count). The molecule has 0 spiro atoms. The zero-order chi connectivity index (χ0) is 12.8. The van der Waals surface area contributed by atoms with Crippen molar-refractivity contribution in [3.63, 3.8) is 0 Å². The number of hydrogen-bond donors (Lipinski definition) is 1. The summed E-state index contributed by atoms with van der Waals surface area (Å²) in [5.74, 6) is 1.92. The molecule has 1 aliphatic rings. The van der Waals surface area contributed by atoms with Gasteiger partial charge in [0.1, 0.15) is 19.0 Å². The Labute approximate surface area is 105 Å². The molecule has 1 aliphatic heterocycles. The van der Waals surface area contributed by atoms with Gasteiger partial charge < -0.3 is 24.3 Å². The molecule has 0 unspecified atom stereocenters. The molecule has 1 amide bonds. The Kier molecular flexibility index (Phi) is 4.25. The molecule has 0 atom stereocenters. The van der Waals surface area contributed by atoms with Gasteiger partial charge in [-0.2, -0.15) is 0 Å². The second-order valence-corrected chi connectivity index (χ2v) is 3.65. The minimum absolute atomic E-state index is 0.0595. The van der Waals surface area contributed by atoms with E-state index in [0.29, 0.717) is 24.7 Å². The van der Waals surface area contributed by atoms with Crippen molar-refractivity contribution >= 4 is 5.91 Å². The predicted octanol–water partition coefficient (Wildman–Crippen LogP) is 0.557. The maximum absolute atomic E-state index is 11.1. The molecule has 1 N–H and O–H groups in total. The van der Waals surface area contributed by atoms with E-state index in [1.165, 1.54) is 7.11 Å². The van der Waals surface area contributed by atoms with Crippen LogP contribution in [0.3, 0.4) is 0 Å². The Morgan fingerprint density at radius 2 is 2.22 bits per heavy atom. The van der Waals surface area contributed by atoms with Crippen molar-refractivity contribution in [2.45, 2.75) is 0 Å². The molecule has 18 heavy (non-hydrogen) atoms. The van der Waals surface area contributed by atoms with E-state index < -0.39 is 0 Å². The first-order chi connectivity index (χ1) is 8.79. The lowest BCUT2D eigenvalue weighted by Crippen LogP contribution is -2.30. The molecule has 0 radical (unpaired) electrons. The summed E-state index contributed by atoms with van der Waals surface area (Å²) in [6, 6.07) is 5.35. The van der Waals surface area contributed by atoms with E-state index in [1.54, 1.807) is 18.2 Å². The van der Waals surface area contributed by atoms with Crippen molar-refractivity contribution in [3.05, 3.63) is 18.2 Å². The van der Waals surface area contributed by atoms with E-state index in [0.717, 1.165) is 5.75 Å². The Bertz CT molecular complexity index is 421. The molecule has 0 aromatic heterocycles. The van der Waals surface area contributed by atoms with Crippen LogP contribution in [0.4, 0.5) is 0 Å². The van der Waals surface area contributed by atoms with Crippen LogP contribution in [0.25, 0.3) is 0 Å². The Hall–Kier alpha value is -1.95. The van der Waals surface area contributed by atoms with Gasteiger partial charge in [-0.25, -0.2) is 0 Å². The lowest BCUT2D eigenvalue weighted by molar-refractivity contribution is -0.124. The Balaban J connectivity index is 1.72. The third-order valence-electron chi connectivity index (χ3n) is 2.31. The number of ether oxygens (including phenoxy) is 4. The van der Waals surface area contributed by atoms with Gasteiger partial charge in [-0.05, 0) is 12.1 Å². The van der Waals surface area contributed by atoms with Gasteiger partial charge in [0.05, 0.1) is 6.54 Å². The SMILES string of the molecule is COCC(=O)NCCOc1ccc2c(c1)OCO2. The summed E-state index contributed by atoms with van der Waals surface area (Å²) >= 11 is 0. The number of nitrogens with one attached hydrogen (secondary N) is 1. The van der Waals surface area contributed by atoms with Gasteiger partial charge in [0.2, 0.25) is 12.7 Å². The Morgan fingerprint density at radius 1 is 1.39 bits per heavy atom. The van der Waals surface area contributed by atoms with E-state index in [-0.39, 0.29) is 19.3 Å². The van der Waals surface area contributed by atoms with Crippen LogP contribution in [0.2, 0.25) is 0 Å². The lowest BCUT2D eigenvalue weighted by Gasteiger charge is -2.08. The molecule has 0 saturated carbocycles. The number of methoxy groups -OCH3 is 1. The number of rotatable bonds is 6. The maximum Gasteiger partial charge on any atom is 0.246 e. The van der Waals surface area contributed by atoms with Crippen molar-refractivity contribution < 1.29 is 23.7 Å². The number of amides is 1. The first-order valence-electron chi connectivity index (χ1n) is 5.57. The number of carbonyl (C=O) groups excluding carboxylic acids is 1. The summed E-state index contributed by atoms with van der Waals surface area (Å²) in [5, 5.41) is 2.66. The second kappa shape index (κ2) is 6.11. The van der Waals surface area contributed by atoms with Crippen LogP contribution < -0.4 is 19.5 Å². The second-order valence-electron chi connectivity index (χ2n) is 3.65.